The molecule has 0 amide bonds. The summed E-state index contributed by atoms with van der Waals surface area (Å²) < 4.78 is 5.59. The van der Waals surface area contributed by atoms with E-state index in [1.807, 2.05) is 54.6 Å². The molecule has 0 fully saturated rings. The third-order valence-corrected chi connectivity index (χ3v) is 2.57. The van der Waals surface area contributed by atoms with Crippen LogP contribution in [0.1, 0.15) is 0 Å². The number of hydrogen-bond acceptors (Lipinski definition) is 2. The second-order valence-electron chi connectivity index (χ2n) is 3.91. The van der Waals surface area contributed by atoms with Crippen LogP contribution in [0, 0.1) is 0 Å². The largest absolute Gasteiger partial charge is 0.489 e. The Balaban J connectivity index is 2.15. The number of para-hydroxylation sites is 1. The highest BCUT2D eigenvalue weighted by molar-refractivity contribution is 5.79. The van der Waals surface area contributed by atoms with Crippen molar-refractivity contribution in [1.29, 1.82) is 0 Å². The van der Waals surface area contributed by atoms with Gasteiger partial charge in [0.05, 0.1) is 0 Å². The van der Waals surface area contributed by atoms with Crippen LogP contribution in [0.5, 0.6) is 5.75 Å². The van der Waals surface area contributed by atoms with Crippen LogP contribution in [0.4, 0.5) is 0 Å². The summed E-state index contributed by atoms with van der Waals surface area (Å²) in [6, 6.07) is 17.6. The summed E-state index contributed by atoms with van der Waals surface area (Å²) >= 11 is 0. The van der Waals surface area contributed by atoms with Crippen LogP contribution in [0.3, 0.4) is 0 Å². The summed E-state index contributed by atoms with van der Waals surface area (Å²) in [5.74, 6) is -0.233. The molecule has 3 heteroatoms. The Kier molecular flexibility index (Phi) is 4.34. The van der Waals surface area contributed by atoms with E-state index in [4.69, 9.17) is 9.84 Å². The van der Waals surface area contributed by atoms with E-state index in [1.165, 1.54) is 6.08 Å². The Labute approximate surface area is 111 Å². The maximum atomic E-state index is 10.4. The first-order chi connectivity index (χ1) is 9.27. The van der Waals surface area contributed by atoms with E-state index >= 15 is 0 Å². The Morgan fingerprint density at radius 2 is 1.74 bits per heavy atom. The highest BCUT2D eigenvalue weighted by Gasteiger charge is 2.04. The van der Waals surface area contributed by atoms with Gasteiger partial charge in [-0.2, -0.15) is 0 Å². The maximum Gasteiger partial charge on any atom is 0.328 e. The van der Waals surface area contributed by atoms with Gasteiger partial charge in [-0.3, -0.25) is 0 Å². The summed E-state index contributed by atoms with van der Waals surface area (Å²) in [6.07, 6.45) is 2.55. The Morgan fingerprint density at radius 3 is 2.47 bits per heavy atom. The SMILES string of the molecule is O=C(O)C=CCOc1ccccc1-c1ccccc1. The van der Waals surface area contributed by atoms with Crippen LogP contribution >= 0.6 is 0 Å². The van der Waals surface area contributed by atoms with Gasteiger partial charge in [0.1, 0.15) is 12.4 Å². The van der Waals surface area contributed by atoms with E-state index in [0.717, 1.165) is 23.0 Å². The molecule has 0 heterocycles. The number of carboxylic acids is 1. The number of benzene rings is 2. The molecule has 2 aromatic rings. The van der Waals surface area contributed by atoms with Gasteiger partial charge < -0.3 is 9.84 Å². The fraction of sp³-hybridized carbons (Fsp3) is 0.0625. The quantitative estimate of drug-likeness (QED) is 0.832. The van der Waals surface area contributed by atoms with Gasteiger partial charge in [-0.05, 0) is 17.7 Å². The topological polar surface area (TPSA) is 46.5 Å². The number of carbonyl (C=O) groups is 1. The van der Waals surface area contributed by atoms with E-state index in [0.29, 0.717) is 0 Å². The average Bonchev–Trinajstić information content (AvgIpc) is 2.45. The number of aliphatic carboxylic acids is 1. The van der Waals surface area contributed by atoms with Crippen LogP contribution in [0.25, 0.3) is 11.1 Å². The number of hydrogen-bond donors (Lipinski definition) is 1. The van der Waals surface area contributed by atoms with Crippen LogP contribution in [0.15, 0.2) is 66.7 Å². The van der Waals surface area contributed by atoms with Crippen LogP contribution < -0.4 is 4.74 Å². The Hall–Kier alpha value is -2.55. The van der Waals surface area contributed by atoms with Crippen molar-refractivity contribution in [2.75, 3.05) is 6.61 Å². The van der Waals surface area contributed by atoms with Gasteiger partial charge in [0.2, 0.25) is 0 Å². The maximum absolute atomic E-state index is 10.4. The third kappa shape index (κ3) is 3.71. The number of rotatable bonds is 5. The minimum absolute atomic E-state index is 0.232. The fourth-order valence-corrected chi connectivity index (χ4v) is 1.74. The van der Waals surface area contributed by atoms with E-state index in [1.54, 1.807) is 0 Å². The van der Waals surface area contributed by atoms with E-state index < -0.39 is 5.97 Å². The summed E-state index contributed by atoms with van der Waals surface area (Å²) in [6.45, 7) is 0.232. The number of ether oxygens (including phenoxy) is 1. The van der Waals surface area contributed by atoms with Gasteiger partial charge in [-0.1, -0.05) is 48.5 Å². The molecule has 0 unspecified atom stereocenters. The normalized spacial score (nSPS) is 10.5. The van der Waals surface area contributed by atoms with Crippen molar-refractivity contribution in [2.45, 2.75) is 0 Å². The van der Waals surface area contributed by atoms with Crippen molar-refractivity contribution in [3.63, 3.8) is 0 Å². The van der Waals surface area contributed by atoms with Gasteiger partial charge >= 0.3 is 5.97 Å². The summed E-state index contributed by atoms with van der Waals surface area (Å²) in [5, 5.41) is 8.50. The van der Waals surface area contributed by atoms with Gasteiger partial charge in [-0.25, -0.2) is 4.79 Å². The first-order valence-electron chi connectivity index (χ1n) is 5.94. The minimum atomic E-state index is -0.972. The van der Waals surface area contributed by atoms with E-state index in [9.17, 15) is 4.79 Å². The zero-order valence-electron chi connectivity index (χ0n) is 10.3. The molecular weight excluding hydrogens is 240 g/mol. The average molecular weight is 254 g/mol. The second-order valence-corrected chi connectivity index (χ2v) is 3.91. The van der Waals surface area contributed by atoms with Gasteiger partial charge in [0.15, 0.2) is 0 Å². The van der Waals surface area contributed by atoms with Crippen LogP contribution in [0.2, 0.25) is 0 Å². The molecule has 19 heavy (non-hydrogen) atoms. The van der Waals surface area contributed by atoms with E-state index in [-0.39, 0.29) is 6.61 Å². The molecule has 3 nitrogen and oxygen atoms in total. The van der Waals surface area contributed by atoms with Crippen molar-refractivity contribution < 1.29 is 14.6 Å². The summed E-state index contributed by atoms with van der Waals surface area (Å²) in [5.41, 5.74) is 2.06. The van der Waals surface area contributed by atoms with Gasteiger partial charge in [0.25, 0.3) is 0 Å². The van der Waals surface area contributed by atoms with Gasteiger partial charge in [-0.15, -0.1) is 0 Å². The molecule has 0 aliphatic rings. The summed E-state index contributed by atoms with van der Waals surface area (Å²) in [4.78, 5) is 10.4. The van der Waals surface area contributed by atoms with Crippen molar-refractivity contribution in [1.82, 2.24) is 0 Å². The predicted octanol–water partition coefficient (Wildman–Crippen LogP) is 3.37. The molecule has 0 atom stereocenters. The zero-order chi connectivity index (χ0) is 13.5. The first kappa shape index (κ1) is 12.9. The highest BCUT2D eigenvalue weighted by Crippen LogP contribution is 2.29. The van der Waals surface area contributed by atoms with E-state index in [2.05, 4.69) is 0 Å². The molecule has 2 aromatic carbocycles. The van der Waals surface area contributed by atoms with Gasteiger partial charge in [0, 0.05) is 11.6 Å². The molecular formula is C16H14O3. The smallest absolute Gasteiger partial charge is 0.328 e. The molecule has 1 N–H and O–H groups in total. The molecule has 0 bridgehead atoms. The molecule has 0 saturated carbocycles. The zero-order valence-corrected chi connectivity index (χ0v) is 10.3. The standard InChI is InChI=1S/C16H14O3/c17-16(18)11-6-12-19-15-10-5-4-9-14(15)13-7-2-1-3-8-13/h1-11H,12H2,(H,17,18). The highest BCUT2D eigenvalue weighted by atomic mass is 16.5. The molecule has 0 radical (unpaired) electrons. The lowest BCUT2D eigenvalue weighted by atomic mass is 10.1. The Morgan fingerprint density at radius 1 is 1.05 bits per heavy atom. The van der Waals surface area contributed by atoms with Crippen LogP contribution in [-0.4, -0.2) is 17.7 Å². The van der Waals surface area contributed by atoms with Crippen molar-refractivity contribution in [3.05, 3.63) is 66.7 Å². The van der Waals surface area contributed by atoms with Crippen molar-refractivity contribution in [3.8, 4) is 16.9 Å². The lowest BCUT2D eigenvalue weighted by molar-refractivity contribution is -0.131. The monoisotopic (exact) mass is 254 g/mol. The van der Waals surface area contributed by atoms with Crippen LogP contribution in [-0.2, 0) is 4.79 Å². The predicted molar refractivity (Wildman–Crippen MR) is 74.1 cm³/mol. The molecule has 0 saturated heterocycles. The summed E-state index contributed by atoms with van der Waals surface area (Å²) in [7, 11) is 0. The fourth-order valence-electron chi connectivity index (χ4n) is 1.74. The molecule has 0 aliphatic heterocycles. The minimum Gasteiger partial charge on any atom is -0.489 e. The first-order valence-corrected chi connectivity index (χ1v) is 5.94. The van der Waals surface area contributed by atoms with Crippen molar-refractivity contribution in [2.24, 2.45) is 0 Å². The third-order valence-electron chi connectivity index (χ3n) is 2.57. The molecule has 2 rings (SSSR count). The molecule has 96 valence electrons. The lowest BCUT2D eigenvalue weighted by Gasteiger charge is -2.09. The van der Waals surface area contributed by atoms with Crippen molar-refractivity contribution >= 4 is 5.97 Å². The molecule has 0 aliphatic carbocycles. The Bertz CT molecular complexity index is 574. The lowest BCUT2D eigenvalue weighted by Crippen LogP contribution is -1.97. The molecule has 0 aromatic heterocycles. The molecule has 0 spiro atoms. The number of carboxylic acid groups (broad SMARTS) is 1. The second kappa shape index (κ2) is 6.40.